The van der Waals surface area contributed by atoms with E-state index in [1.54, 1.807) is 6.20 Å². The SMILES string of the molecule is Cc1cnn(C2CCOCC2)c1-c1ccc(NC2CC2)nc1F. The van der Waals surface area contributed by atoms with Crippen LogP contribution in [-0.2, 0) is 4.74 Å². The highest BCUT2D eigenvalue weighted by Crippen LogP contribution is 2.32. The molecule has 0 aromatic carbocycles. The lowest BCUT2D eigenvalue weighted by molar-refractivity contribution is 0.0667. The molecule has 1 saturated carbocycles. The van der Waals surface area contributed by atoms with Crippen LogP contribution in [0.2, 0.25) is 0 Å². The van der Waals surface area contributed by atoms with Gasteiger partial charge in [0.1, 0.15) is 5.82 Å². The minimum Gasteiger partial charge on any atom is -0.381 e. The zero-order chi connectivity index (χ0) is 15.8. The molecule has 1 N–H and O–H groups in total. The number of nitrogens with zero attached hydrogens (tertiary/aromatic N) is 3. The van der Waals surface area contributed by atoms with Crippen LogP contribution in [0.5, 0.6) is 0 Å². The zero-order valence-electron chi connectivity index (χ0n) is 13.3. The summed E-state index contributed by atoms with van der Waals surface area (Å²) in [5, 5.41) is 7.72. The summed E-state index contributed by atoms with van der Waals surface area (Å²) < 4.78 is 22.0. The Labute approximate surface area is 134 Å². The van der Waals surface area contributed by atoms with Crippen LogP contribution in [-0.4, -0.2) is 34.0 Å². The molecule has 0 spiro atoms. The van der Waals surface area contributed by atoms with Crippen LogP contribution in [0.1, 0.15) is 37.3 Å². The van der Waals surface area contributed by atoms with Gasteiger partial charge in [-0.1, -0.05) is 0 Å². The van der Waals surface area contributed by atoms with E-state index in [-0.39, 0.29) is 6.04 Å². The summed E-state index contributed by atoms with van der Waals surface area (Å²) in [6.07, 6.45) is 5.90. The van der Waals surface area contributed by atoms with Gasteiger partial charge in [0.05, 0.1) is 23.5 Å². The molecule has 2 aromatic heterocycles. The van der Waals surface area contributed by atoms with Crippen LogP contribution in [0.25, 0.3) is 11.3 Å². The number of anilines is 1. The Kier molecular flexibility index (Phi) is 3.77. The normalized spacial score (nSPS) is 19.0. The maximum Gasteiger partial charge on any atom is 0.224 e. The smallest absolute Gasteiger partial charge is 0.224 e. The highest BCUT2D eigenvalue weighted by molar-refractivity contribution is 5.64. The summed E-state index contributed by atoms with van der Waals surface area (Å²) >= 11 is 0. The van der Waals surface area contributed by atoms with E-state index in [1.807, 2.05) is 23.7 Å². The van der Waals surface area contributed by atoms with Crippen molar-refractivity contribution in [2.24, 2.45) is 0 Å². The maximum atomic E-state index is 14.6. The first-order chi connectivity index (χ1) is 11.2. The largest absolute Gasteiger partial charge is 0.381 e. The van der Waals surface area contributed by atoms with Gasteiger partial charge >= 0.3 is 0 Å². The highest BCUT2D eigenvalue weighted by Gasteiger charge is 2.24. The molecule has 0 unspecified atom stereocenters. The van der Waals surface area contributed by atoms with Gasteiger partial charge in [-0.2, -0.15) is 9.49 Å². The van der Waals surface area contributed by atoms with Crippen molar-refractivity contribution < 1.29 is 9.13 Å². The fourth-order valence-electron chi connectivity index (χ4n) is 3.12. The molecule has 1 aliphatic carbocycles. The molecule has 23 heavy (non-hydrogen) atoms. The van der Waals surface area contributed by atoms with E-state index in [0.29, 0.717) is 17.4 Å². The molecule has 2 aliphatic rings. The Morgan fingerprint density at radius 1 is 1.22 bits per heavy atom. The quantitative estimate of drug-likeness (QED) is 0.879. The summed E-state index contributed by atoms with van der Waals surface area (Å²) in [4.78, 5) is 4.09. The van der Waals surface area contributed by atoms with E-state index in [1.165, 1.54) is 0 Å². The average molecular weight is 316 g/mol. The number of pyridine rings is 1. The van der Waals surface area contributed by atoms with Gasteiger partial charge < -0.3 is 10.1 Å². The van der Waals surface area contributed by atoms with E-state index in [0.717, 1.165) is 50.2 Å². The topological polar surface area (TPSA) is 52.0 Å². The number of ether oxygens (including phenoxy) is 1. The average Bonchev–Trinajstić information content (AvgIpc) is 3.29. The number of aryl methyl sites for hydroxylation is 1. The molecule has 0 atom stereocenters. The summed E-state index contributed by atoms with van der Waals surface area (Å²) in [5.74, 6) is 0.177. The van der Waals surface area contributed by atoms with E-state index in [2.05, 4.69) is 15.4 Å². The van der Waals surface area contributed by atoms with Gasteiger partial charge in [0.15, 0.2) is 0 Å². The van der Waals surface area contributed by atoms with Crippen molar-refractivity contribution in [3.05, 3.63) is 29.8 Å². The number of rotatable bonds is 4. The molecule has 2 fully saturated rings. The number of hydrogen-bond donors (Lipinski definition) is 1. The number of aromatic nitrogens is 3. The van der Waals surface area contributed by atoms with Crippen LogP contribution >= 0.6 is 0 Å². The molecule has 6 heteroatoms. The Morgan fingerprint density at radius 2 is 2.00 bits per heavy atom. The van der Waals surface area contributed by atoms with Gasteiger partial charge in [-0.05, 0) is 50.3 Å². The highest BCUT2D eigenvalue weighted by atomic mass is 19.1. The van der Waals surface area contributed by atoms with Gasteiger partial charge in [0.25, 0.3) is 0 Å². The summed E-state index contributed by atoms with van der Waals surface area (Å²) in [6.45, 7) is 3.43. The van der Waals surface area contributed by atoms with Crippen LogP contribution in [0, 0.1) is 12.9 Å². The summed E-state index contributed by atoms with van der Waals surface area (Å²) in [7, 11) is 0. The van der Waals surface area contributed by atoms with Crippen LogP contribution in [0.3, 0.4) is 0 Å². The van der Waals surface area contributed by atoms with Crippen molar-refractivity contribution >= 4 is 5.82 Å². The molecule has 5 nitrogen and oxygen atoms in total. The second-order valence-corrected chi connectivity index (χ2v) is 6.42. The Hall–Kier alpha value is -1.95. The van der Waals surface area contributed by atoms with E-state index >= 15 is 0 Å². The van der Waals surface area contributed by atoms with E-state index in [9.17, 15) is 4.39 Å². The Bertz CT molecular complexity index is 705. The van der Waals surface area contributed by atoms with Crippen molar-refractivity contribution in [3.63, 3.8) is 0 Å². The third-order valence-corrected chi connectivity index (χ3v) is 4.55. The Morgan fingerprint density at radius 3 is 2.70 bits per heavy atom. The first kappa shape index (κ1) is 14.6. The number of hydrogen-bond acceptors (Lipinski definition) is 4. The molecule has 4 rings (SSSR count). The molecule has 2 aromatic rings. The van der Waals surface area contributed by atoms with Crippen LogP contribution in [0.4, 0.5) is 10.2 Å². The lowest BCUT2D eigenvalue weighted by Crippen LogP contribution is -2.21. The molecule has 0 bridgehead atoms. The van der Waals surface area contributed by atoms with Crippen molar-refractivity contribution in [2.45, 2.75) is 44.7 Å². The molecular formula is C17H21FN4O. The fraction of sp³-hybridized carbons (Fsp3) is 0.529. The summed E-state index contributed by atoms with van der Waals surface area (Å²) in [6, 6.07) is 4.39. The minimum atomic E-state index is -0.437. The van der Waals surface area contributed by atoms with Gasteiger partial charge in [-0.15, -0.1) is 0 Å². The van der Waals surface area contributed by atoms with Crippen molar-refractivity contribution in [1.29, 1.82) is 0 Å². The van der Waals surface area contributed by atoms with Crippen molar-refractivity contribution in [3.8, 4) is 11.3 Å². The minimum absolute atomic E-state index is 0.260. The lowest BCUT2D eigenvalue weighted by Gasteiger charge is -2.24. The van der Waals surface area contributed by atoms with Gasteiger partial charge in [-0.25, -0.2) is 4.98 Å². The van der Waals surface area contributed by atoms with Gasteiger partial charge in [0, 0.05) is 19.3 Å². The zero-order valence-corrected chi connectivity index (χ0v) is 13.3. The second-order valence-electron chi connectivity index (χ2n) is 6.42. The standard InChI is InChI=1S/C17H21FN4O/c1-11-10-19-22(13-6-8-23-9-7-13)16(11)14-4-5-15(21-17(14)18)20-12-2-3-12/h4-5,10,12-13H,2-3,6-9H2,1H3,(H,20,21). The first-order valence-electron chi connectivity index (χ1n) is 8.27. The molecule has 3 heterocycles. The first-order valence-corrected chi connectivity index (χ1v) is 8.27. The third kappa shape index (κ3) is 2.95. The summed E-state index contributed by atoms with van der Waals surface area (Å²) in [5.41, 5.74) is 2.33. The van der Waals surface area contributed by atoms with Gasteiger partial charge in [0.2, 0.25) is 5.95 Å². The van der Waals surface area contributed by atoms with E-state index in [4.69, 9.17) is 4.74 Å². The van der Waals surface area contributed by atoms with Gasteiger partial charge in [-0.3, -0.25) is 4.68 Å². The lowest BCUT2D eigenvalue weighted by atomic mass is 10.1. The van der Waals surface area contributed by atoms with Crippen LogP contribution in [0.15, 0.2) is 18.3 Å². The third-order valence-electron chi connectivity index (χ3n) is 4.55. The molecule has 122 valence electrons. The number of halogens is 1. The van der Waals surface area contributed by atoms with Crippen molar-refractivity contribution in [1.82, 2.24) is 14.8 Å². The number of nitrogens with one attached hydrogen (secondary N) is 1. The predicted octanol–water partition coefficient (Wildman–Crippen LogP) is 3.32. The molecule has 1 saturated heterocycles. The second kappa shape index (κ2) is 5.92. The monoisotopic (exact) mass is 316 g/mol. The fourth-order valence-corrected chi connectivity index (χ4v) is 3.12. The van der Waals surface area contributed by atoms with E-state index < -0.39 is 5.95 Å². The van der Waals surface area contributed by atoms with Crippen LogP contribution < -0.4 is 5.32 Å². The maximum absolute atomic E-state index is 14.6. The van der Waals surface area contributed by atoms with Crippen molar-refractivity contribution in [2.75, 3.05) is 18.5 Å². The molecule has 0 amide bonds. The molecular weight excluding hydrogens is 295 g/mol. The Balaban J connectivity index is 1.67. The molecule has 1 aliphatic heterocycles. The molecule has 0 radical (unpaired) electrons. The predicted molar refractivity (Wildman–Crippen MR) is 85.9 cm³/mol.